The summed E-state index contributed by atoms with van der Waals surface area (Å²) in [6.07, 6.45) is -0.377. The number of sulfonamides is 1. The van der Waals surface area contributed by atoms with Crippen LogP contribution in [0.4, 0.5) is 13.2 Å². The van der Waals surface area contributed by atoms with Crippen molar-refractivity contribution in [3.05, 3.63) is 54.1 Å². The zero-order valence-corrected chi connectivity index (χ0v) is 18.9. The summed E-state index contributed by atoms with van der Waals surface area (Å²) in [6.45, 7) is -0.118. The highest BCUT2D eigenvalue weighted by Crippen LogP contribution is 2.34. The zero-order valence-electron chi connectivity index (χ0n) is 17.3. The van der Waals surface area contributed by atoms with Gasteiger partial charge in [0.2, 0.25) is 10.0 Å². The van der Waals surface area contributed by atoms with Crippen LogP contribution in [0.1, 0.15) is 37.7 Å². The summed E-state index contributed by atoms with van der Waals surface area (Å²) in [5.41, 5.74) is 0.000249. The van der Waals surface area contributed by atoms with Crippen molar-refractivity contribution in [3.8, 4) is 11.1 Å². The van der Waals surface area contributed by atoms with Crippen molar-refractivity contribution in [2.24, 2.45) is 0 Å². The molecule has 1 heterocycles. The Morgan fingerprint density at radius 3 is 2.00 bits per heavy atom. The first kappa shape index (κ1) is 23.3. The summed E-state index contributed by atoms with van der Waals surface area (Å²) in [7, 11) is -7.23. The molecule has 10 heteroatoms. The van der Waals surface area contributed by atoms with Gasteiger partial charge in [-0.15, -0.1) is 0 Å². The third-order valence-electron chi connectivity index (χ3n) is 6.31. The first-order valence-corrected chi connectivity index (χ1v) is 13.5. The largest absolute Gasteiger partial charge is 0.416 e. The standard InChI is InChI=1S/C22H24F3NO4S2/c23-22(24,25)18-6-4-5-17(13-18)16-9-11-20(12-10-16)32(29,30)26-14-21(15-26)31(27,28)19-7-2-1-3-8-19/h4-6,9-13,19,21H,1-3,7-8,14-15H2. The third-order valence-corrected chi connectivity index (χ3v) is 10.8. The summed E-state index contributed by atoms with van der Waals surface area (Å²) in [5, 5.41) is -1.05. The molecule has 0 unspecified atom stereocenters. The Kier molecular flexibility index (Phi) is 6.15. The van der Waals surface area contributed by atoms with E-state index >= 15 is 0 Å². The predicted octanol–water partition coefficient (Wildman–Crippen LogP) is 4.49. The molecule has 0 aromatic heterocycles. The Morgan fingerprint density at radius 1 is 0.781 bits per heavy atom. The van der Waals surface area contributed by atoms with Crippen molar-refractivity contribution >= 4 is 19.9 Å². The SMILES string of the molecule is O=S(=O)(C1CCCCC1)C1CN(S(=O)(=O)c2ccc(-c3cccc(C(F)(F)F)c3)cc2)C1. The molecule has 2 fully saturated rings. The van der Waals surface area contributed by atoms with Crippen LogP contribution in [0.5, 0.6) is 0 Å². The number of hydrogen-bond donors (Lipinski definition) is 0. The maximum Gasteiger partial charge on any atom is 0.416 e. The lowest BCUT2D eigenvalue weighted by molar-refractivity contribution is -0.137. The molecule has 32 heavy (non-hydrogen) atoms. The number of benzene rings is 2. The number of nitrogens with zero attached hydrogens (tertiary/aromatic N) is 1. The minimum absolute atomic E-state index is 0.0123. The second-order valence-electron chi connectivity index (χ2n) is 8.40. The molecular formula is C22H24F3NO4S2. The van der Waals surface area contributed by atoms with E-state index in [-0.39, 0.29) is 23.2 Å². The molecule has 0 atom stereocenters. The normalized spacial score (nSPS) is 19.6. The molecule has 0 N–H and O–H groups in total. The van der Waals surface area contributed by atoms with E-state index in [1.807, 2.05) is 0 Å². The molecule has 4 rings (SSSR count). The summed E-state index contributed by atoms with van der Waals surface area (Å²) in [6, 6.07) is 10.4. The van der Waals surface area contributed by atoms with Crippen LogP contribution in [-0.2, 0) is 26.0 Å². The maximum atomic E-state index is 12.9. The maximum absolute atomic E-state index is 12.9. The van der Waals surface area contributed by atoms with Gasteiger partial charge in [0.15, 0.2) is 9.84 Å². The van der Waals surface area contributed by atoms with Gasteiger partial charge in [-0.1, -0.05) is 43.5 Å². The Labute approximate surface area is 186 Å². The Hall–Kier alpha value is -1.91. The predicted molar refractivity (Wildman–Crippen MR) is 115 cm³/mol. The van der Waals surface area contributed by atoms with Crippen molar-refractivity contribution in [1.82, 2.24) is 4.31 Å². The number of halogens is 3. The van der Waals surface area contributed by atoms with Crippen molar-refractivity contribution in [1.29, 1.82) is 0 Å². The lowest BCUT2D eigenvalue weighted by atomic mass is 10.0. The fraction of sp³-hybridized carbons (Fsp3) is 0.455. The number of sulfone groups is 1. The van der Waals surface area contributed by atoms with Gasteiger partial charge in [-0.05, 0) is 48.2 Å². The van der Waals surface area contributed by atoms with Gasteiger partial charge >= 0.3 is 6.18 Å². The van der Waals surface area contributed by atoms with Crippen LogP contribution < -0.4 is 0 Å². The smallest absolute Gasteiger partial charge is 0.228 e. The molecule has 1 saturated carbocycles. The number of hydrogen-bond acceptors (Lipinski definition) is 4. The van der Waals surface area contributed by atoms with Crippen LogP contribution in [0.2, 0.25) is 0 Å². The van der Waals surface area contributed by atoms with Crippen molar-refractivity contribution in [3.63, 3.8) is 0 Å². The lowest BCUT2D eigenvalue weighted by Gasteiger charge is -2.39. The van der Waals surface area contributed by atoms with Crippen molar-refractivity contribution in [2.45, 2.75) is 53.7 Å². The van der Waals surface area contributed by atoms with Crippen LogP contribution in [0.15, 0.2) is 53.4 Å². The summed E-state index contributed by atoms with van der Waals surface area (Å²) in [4.78, 5) is -0.0123. The number of alkyl halides is 3. The van der Waals surface area contributed by atoms with Gasteiger partial charge in [-0.3, -0.25) is 0 Å². The second kappa shape index (κ2) is 8.46. The van der Waals surface area contributed by atoms with E-state index in [4.69, 9.17) is 0 Å². The average molecular weight is 488 g/mol. The zero-order chi connectivity index (χ0) is 23.1. The van der Waals surface area contributed by atoms with E-state index in [1.54, 1.807) is 0 Å². The Bertz CT molecular complexity index is 1180. The molecule has 2 aromatic rings. The van der Waals surface area contributed by atoms with Gasteiger partial charge in [-0.2, -0.15) is 17.5 Å². The molecular weight excluding hydrogens is 463 g/mol. The molecule has 5 nitrogen and oxygen atoms in total. The second-order valence-corrected chi connectivity index (χ2v) is 12.8. The molecule has 1 aliphatic carbocycles. The molecule has 0 amide bonds. The highest BCUT2D eigenvalue weighted by atomic mass is 32.2. The lowest BCUT2D eigenvalue weighted by Crippen LogP contribution is -2.58. The van der Waals surface area contributed by atoms with Crippen LogP contribution >= 0.6 is 0 Å². The van der Waals surface area contributed by atoms with Crippen LogP contribution in [0, 0.1) is 0 Å². The van der Waals surface area contributed by atoms with E-state index in [2.05, 4.69) is 0 Å². The third kappa shape index (κ3) is 4.45. The fourth-order valence-electron chi connectivity index (χ4n) is 4.31. The van der Waals surface area contributed by atoms with Gasteiger partial charge in [0.1, 0.15) is 0 Å². The average Bonchev–Trinajstić information content (AvgIpc) is 2.72. The van der Waals surface area contributed by atoms with Gasteiger partial charge in [0.25, 0.3) is 0 Å². The van der Waals surface area contributed by atoms with Crippen LogP contribution in [-0.4, -0.2) is 44.7 Å². The number of rotatable bonds is 5. The minimum Gasteiger partial charge on any atom is -0.228 e. The van der Waals surface area contributed by atoms with E-state index in [9.17, 15) is 30.0 Å². The van der Waals surface area contributed by atoms with Crippen molar-refractivity contribution in [2.75, 3.05) is 13.1 Å². The first-order valence-electron chi connectivity index (χ1n) is 10.5. The summed E-state index contributed by atoms with van der Waals surface area (Å²) < 4.78 is 91.3. The molecule has 1 saturated heterocycles. The van der Waals surface area contributed by atoms with Gasteiger partial charge < -0.3 is 0 Å². The molecule has 0 bridgehead atoms. The first-order chi connectivity index (χ1) is 15.0. The minimum atomic E-state index is -4.47. The topological polar surface area (TPSA) is 71.5 Å². The molecule has 2 aromatic carbocycles. The molecule has 174 valence electrons. The Morgan fingerprint density at radius 2 is 1.41 bits per heavy atom. The van der Waals surface area contributed by atoms with Crippen LogP contribution in [0.25, 0.3) is 11.1 Å². The molecule has 1 aliphatic heterocycles. The fourth-order valence-corrected chi connectivity index (χ4v) is 8.34. The quantitative estimate of drug-likeness (QED) is 0.623. The van der Waals surface area contributed by atoms with Gasteiger partial charge in [0.05, 0.1) is 21.0 Å². The van der Waals surface area contributed by atoms with E-state index in [1.165, 1.54) is 36.4 Å². The highest BCUT2D eigenvalue weighted by molar-refractivity contribution is 7.93. The van der Waals surface area contributed by atoms with E-state index in [0.717, 1.165) is 35.7 Å². The van der Waals surface area contributed by atoms with E-state index in [0.29, 0.717) is 24.0 Å². The van der Waals surface area contributed by atoms with E-state index < -0.39 is 36.9 Å². The Balaban J connectivity index is 1.47. The summed E-state index contributed by atoms with van der Waals surface area (Å²) in [5.74, 6) is 0. The molecule has 0 radical (unpaired) electrons. The van der Waals surface area contributed by atoms with Crippen molar-refractivity contribution < 1.29 is 30.0 Å². The highest BCUT2D eigenvalue weighted by Gasteiger charge is 2.46. The van der Waals surface area contributed by atoms with Gasteiger partial charge in [0, 0.05) is 13.1 Å². The monoisotopic (exact) mass is 487 g/mol. The molecule has 0 spiro atoms. The van der Waals surface area contributed by atoms with Gasteiger partial charge in [-0.25, -0.2) is 16.8 Å². The summed E-state index contributed by atoms with van der Waals surface area (Å²) >= 11 is 0. The molecule has 2 aliphatic rings. The van der Waals surface area contributed by atoms with Crippen LogP contribution in [0.3, 0.4) is 0 Å².